The number of nitrogens with zero attached hydrogens (tertiary/aromatic N) is 2. The molecule has 3 amide bonds. The SMILES string of the molecule is CC1CCN(C(=O)c2cc(NC(=O)Nc3cccc(Br)c3)ccc2N2CCCCC2)CC1. The maximum absolute atomic E-state index is 13.5. The van der Waals surface area contributed by atoms with E-state index in [0.717, 1.165) is 62.0 Å². The minimum absolute atomic E-state index is 0.0634. The molecule has 7 heteroatoms. The summed E-state index contributed by atoms with van der Waals surface area (Å²) in [7, 11) is 0. The quantitative estimate of drug-likeness (QED) is 0.546. The minimum atomic E-state index is -0.334. The van der Waals surface area contributed by atoms with Crippen molar-refractivity contribution in [3.8, 4) is 0 Å². The fourth-order valence-corrected chi connectivity index (χ4v) is 4.84. The zero-order chi connectivity index (χ0) is 22.5. The van der Waals surface area contributed by atoms with Gasteiger partial charge in [0.1, 0.15) is 0 Å². The second kappa shape index (κ2) is 10.4. The predicted octanol–water partition coefficient (Wildman–Crippen LogP) is 5.96. The third kappa shape index (κ3) is 5.63. The van der Waals surface area contributed by atoms with Gasteiger partial charge in [0.2, 0.25) is 0 Å². The third-order valence-electron chi connectivity index (χ3n) is 6.33. The van der Waals surface area contributed by atoms with Gasteiger partial charge in [-0.1, -0.05) is 28.9 Å². The molecule has 0 unspecified atom stereocenters. The van der Waals surface area contributed by atoms with Gasteiger partial charge >= 0.3 is 6.03 Å². The number of anilines is 3. The molecule has 0 atom stereocenters. The summed E-state index contributed by atoms with van der Waals surface area (Å²) in [6.07, 6.45) is 5.60. The van der Waals surface area contributed by atoms with Gasteiger partial charge in [-0.15, -0.1) is 0 Å². The standard InChI is InChI=1S/C25H31BrN4O2/c1-18-10-14-30(15-11-18)24(31)22-17-21(8-9-23(22)29-12-3-2-4-13-29)28-25(32)27-20-7-5-6-19(26)16-20/h5-9,16-18H,2-4,10-15H2,1H3,(H2,27,28,32). The molecular formula is C25H31BrN4O2. The number of carbonyl (C=O) groups excluding carboxylic acids is 2. The average Bonchev–Trinajstić information content (AvgIpc) is 2.79. The molecule has 0 radical (unpaired) electrons. The van der Waals surface area contributed by atoms with E-state index in [1.807, 2.05) is 47.4 Å². The highest BCUT2D eigenvalue weighted by Crippen LogP contribution is 2.30. The Morgan fingerprint density at radius 3 is 2.28 bits per heavy atom. The Morgan fingerprint density at radius 1 is 0.906 bits per heavy atom. The third-order valence-corrected chi connectivity index (χ3v) is 6.83. The van der Waals surface area contributed by atoms with Crippen LogP contribution in [0, 0.1) is 5.92 Å². The van der Waals surface area contributed by atoms with Crippen LogP contribution in [0.4, 0.5) is 21.9 Å². The fraction of sp³-hybridized carbons (Fsp3) is 0.440. The van der Waals surface area contributed by atoms with Crippen LogP contribution in [0.15, 0.2) is 46.9 Å². The smallest absolute Gasteiger partial charge is 0.323 e. The molecule has 2 aliphatic heterocycles. The van der Waals surface area contributed by atoms with Gasteiger partial charge in [0.05, 0.1) is 5.56 Å². The van der Waals surface area contributed by atoms with Crippen LogP contribution >= 0.6 is 15.9 Å². The molecule has 2 N–H and O–H groups in total. The summed E-state index contributed by atoms with van der Waals surface area (Å²) < 4.78 is 0.893. The highest BCUT2D eigenvalue weighted by atomic mass is 79.9. The molecule has 4 rings (SSSR count). The van der Waals surface area contributed by atoms with Crippen molar-refractivity contribution in [2.75, 3.05) is 41.7 Å². The zero-order valence-electron chi connectivity index (χ0n) is 18.6. The van der Waals surface area contributed by atoms with Crippen molar-refractivity contribution >= 4 is 44.9 Å². The number of carbonyl (C=O) groups is 2. The molecule has 2 aromatic carbocycles. The number of nitrogens with one attached hydrogen (secondary N) is 2. The normalized spacial score (nSPS) is 17.2. The molecule has 2 aromatic rings. The van der Waals surface area contributed by atoms with E-state index in [-0.39, 0.29) is 11.9 Å². The zero-order valence-corrected chi connectivity index (χ0v) is 20.2. The van der Waals surface area contributed by atoms with Crippen LogP contribution < -0.4 is 15.5 Å². The van der Waals surface area contributed by atoms with Crippen molar-refractivity contribution < 1.29 is 9.59 Å². The fourth-order valence-electron chi connectivity index (χ4n) is 4.44. The van der Waals surface area contributed by atoms with Crippen LogP contribution in [0.2, 0.25) is 0 Å². The lowest BCUT2D eigenvalue weighted by Gasteiger charge is -2.34. The molecule has 0 bridgehead atoms. The molecule has 0 aliphatic carbocycles. The van der Waals surface area contributed by atoms with E-state index < -0.39 is 0 Å². The lowest BCUT2D eigenvalue weighted by Crippen LogP contribution is -2.39. The van der Waals surface area contributed by atoms with Crippen molar-refractivity contribution in [1.29, 1.82) is 0 Å². The summed E-state index contributed by atoms with van der Waals surface area (Å²) in [6, 6.07) is 12.8. The molecule has 6 nitrogen and oxygen atoms in total. The molecule has 0 aromatic heterocycles. The van der Waals surface area contributed by atoms with Gasteiger partial charge in [-0.3, -0.25) is 4.79 Å². The van der Waals surface area contributed by atoms with E-state index in [1.165, 1.54) is 6.42 Å². The van der Waals surface area contributed by atoms with Crippen LogP contribution in [0.3, 0.4) is 0 Å². The summed E-state index contributed by atoms with van der Waals surface area (Å²) in [4.78, 5) is 30.3. The van der Waals surface area contributed by atoms with Crippen molar-refractivity contribution in [1.82, 2.24) is 4.90 Å². The van der Waals surface area contributed by atoms with E-state index >= 15 is 0 Å². The first kappa shape index (κ1) is 22.6. The predicted molar refractivity (Wildman–Crippen MR) is 134 cm³/mol. The Bertz CT molecular complexity index is 966. The summed E-state index contributed by atoms with van der Waals surface area (Å²) in [5.74, 6) is 0.726. The number of halogens is 1. The number of rotatable bonds is 4. The maximum Gasteiger partial charge on any atom is 0.323 e. The molecule has 0 saturated carbocycles. The summed E-state index contributed by atoms with van der Waals surface area (Å²) in [6.45, 7) is 5.76. The monoisotopic (exact) mass is 498 g/mol. The van der Waals surface area contributed by atoms with Gasteiger partial charge in [-0.25, -0.2) is 4.79 Å². The van der Waals surface area contributed by atoms with Crippen LogP contribution in [-0.2, 0) is 0 Å². The number of urea groups is 1. The Balaban J connectivity index is 1.55. The van der Waals surface area contributed by atoms with Gasteiger partial charge in [-0.2, -0.15) is 0 Å². The second-order valence-electron chi connectivity index (χ2n) is 8.84. The highest BCUT2D eigenvalue weighted by molar-refractivity contribution is 9.10. The lowest BCUT2D eigenvalue weighted by atomic mass is 9.98. The summed E-state index contributed by atoms with van der Waals surface area (Å²) in [5, 5.41) is 5.73. The molecule has 2 aliphatic rings. The Kier molecular flexibility index (Phi) is 7.35. The molecule has 2 saturated heterocycles. The largest absolute Gasteiger partial charge is 0.371 e. The lowest BCUT2D eigenvalue weighted by molar-refractivity contribution is 0.0698. The minimum Gasteiger partial charge on any atom is -0.371 e. The topological polar surface area (TPSA) is 64.7 Å². The molecule has 170 valence electrons. The van der Waals surface area contributed by atoms with Gasteiger partial charge in [0.15, 0.2) is 0 Å². The number of piperidine rings is 2. The van der Waals surface area contributed by atoms with Crippen molar-refractivity contribution in [3.63, 3.8) is 0 Å². The van der Waals surface area contributed by atoms with Gasteiger partial charge in [0.25, 0.3) is 5.91 Å². The van der Waals surface area contributed by atoms with Crippen LogP contribution in [-0.4, -0.2) is 43.0 Å². The summed E-state index contributed by atoms with van der Waals surface area (Å²) >= 11 is 3.41. The van der Waals surface area contributed by atoms with Gasteiger partial charge < -0.3 is 20.4 Å². The van der Waals surface area contributed by atoms with E-state index in [2.05, 4.69) is 38.4 Å². The van der Waals surface area contributed by atoms with Gasteiger partial charge in [0, 0.05) is 47.7 Å². The number of hydrogen-bond donors (Lipinski definition) is 2. The Morgan fingerprint density at radius 2 is 1.59 bits per heavy atom. The number of benzene rings is 2. The van der Waals surface area contributed by atoms with Crippen molar-refractivity contribution in [2.24, 2.45) is 5.92 Å². The Hall–Kier alpha value is -2.54. The number of hydrogen-bond acceptors (Lipinski definition) is 3. The van der Waals surface area contributed by atoms with E-state index in [4.69, 9.17) is 0 Å². The molecule has 0 spiro atoms. The first-order valence-corrected chi connectivity index (χ1v) is 12.3. The number of likely N-dealkylation sites (tertiary alicyclic amines) is 1. The van der Waals surface area contributed by atoms with Crippen LogP contribution in [0.25, 0.3) is 0 Å². The van der Waals surface area contributed by atoms with E-state index in [9.17, 15) is 9.59 Å². The first-order valence-electron chi connectivity index (χ1n) is 11.5. The first-order chi connectivity index (χ1) is 15.5. The maximum atomic E-state index is 13.5. The second-order valence-corrected chi connectivity index (χ2v) is 9.76. The summed E-state index contributed by atoms with van der Waals surface area (Å²) in [5.41, 5.74) is 2.97. The van der Waals surface area contributed by atoms with Crippen LogP contribution in [0.5, 0.6) is 0 Å². The van der Waals surface area contributed by atoms with Crippen LogP contribution in [0.1, 0.15) is 49.4 Å². The average molecular weight is 499 g/mol. The molecule has 2 fully saturated rings. The van der Waals surface area contributed by atoms with Gasteiger partial charge in [-0.05, 0) is 74.4 Å². The molecular weight excluding hydrogens is 468 g/mol. The van der Waals surface area contributed by atoms with E-state index in [1.54, 1.807) is 0 Å². The van der Waals surface area contributed by atoms with E-state index in [0.29, 0.717) is 22.9 Å². The van der Waals surface area contributed by atoms with Crippen molar-refractivity contribution in [2.45, 2.75) is 39.0 Å². The molecule has 2 heterocycles. The Labute approximate surface area is 198 Å². The van der Waals surface area contributed by atoms with Crippen molar-refractivity contribution in [3.05, 3.63) is 52.5 Å². The highest BCUT2D eigenvalue weighted by Gasteiger charge is 2.26. The molecule has 32 heavy (non-hydrogen) atoms. The number of amides is 3.